The van der Waals surface area contributed by atoms with E-state index in [0.717, 1.165) is 61.9 Å². The summed E-state index contributed by atoms with van der Waals surface area (Å²) in [6.45, 7) is 21.1. The summed E-state index contributed by atoms with van der Waals surface area (Å²) < 4.78 is 10.8. The number of likely N-dealkylation sites (tertiary alicyclic amines) is 1. The van der Waals surface area contributed by atoms with Crippen LogP contribution in [0.1, 0.15) is 164 Å². The minimum absolute atomic E-state index is 0.694. The molecule has 4 aliphatic rings. The van der Waals surface area contributed by atoms with Gasteiger partial charge in [-0.2, -0.15) is 0 Å². The quantitative estimate of drug-likeness (QED) is 0.330. The van der Waals surface area contributed by atoms with E-state index in [-0.39, 0.29) is 0 Å². The van der Waals surface area contributed by atoms with Crippen LogP contribution in [-0.2, 0) is 9.47 Å². The third-order valence-electron chi connectivity index (χ3n) is 10.4. The van der Waals surface area contributed by atoms with Crippen molar-refractivity contribution in [2.24, 2.45) is 35.5 Å². The van der Waals surface area contributed by atoms with Gasteiger partial charge in [0.1, 0.15) is 0 Å². The van der Waals surface area contributed by atoms with Gasteiger partial charge in [-0.15, -0.1) is 0 Å². The Morgan fingerprint density at radius 1 is 0.561 bits per heavy atom. The Balaban J connectivity index is 0.000000274. The van der Waals surface area contributed by atoms with Gasteiger partial charge in [-0.1, -0.05) is 131 Å². The Hall–Kier alpha value is -0.120. The van der Waals surface area contributed by atoms with Gasteiger partial charge in [0.25, 0.3) is 0 Å². The van der Waals surface area contributed by atoms with Crippen LogP contribution in [-0.4, -0.2) is 51.0 Å². The second-order valence-corrected chi connectivity index (χ2v) is 14.9. The lowest BCUT2D eigenvalue weighted by Crippen LogP contribution is -2.29. The third kappa shape index (κ3) is 21.3. The fraction of sp³-hybridized carbons (Fsp3) is 1.00. The van der Waals surface area contributed by atoms with Crippen LogP contribution in [0.3, 0.4) is 0 Å². The van der Waals surface area contributed by atoms with Crippen LogP contribution in [0.15, 0.2) is 0 Å². The molecule has 0 aromatic carbocycles. The van der Waals surface area contributed by atoms with Crippen molar-refractivity contribution in [3.63, 3.8) is 0 Å². The first-order valence-corrected chi connectivity index (χ1v) is 18.6. The molecule has 3 heteroatoms. The summed E-state index contributed by atoms with van der Waals surface area (Å²) in [4.78, 5) is 2.38. The van der Waals surface area contributed by atoms with Gasteiger partial charge >= 0.3 is 0 Å². The van der Waals surface area contributed by atoms with Crippen molar-refractivity contribution in [3.8, 4) is 0 Å². The maximum absolute atomic E-state index is 5.50. The van der Waals surface area contributed by atoms with Crippen molar-refractivity contribution in [2.45, 2.75) is 170 Å². The van der Waals surface area contributed by atoms with Gasteiger partial charge in [0, 0.05) is 25.9 Å². The molecule has 0 aromatic rings. The largest absolute Gasteiger partial charge is 0.381 e. The standard InChI is InChI=1S/C11H22.C10H20.C9H18O.C8H17NO/c1-3-11-7-5-4-6-10(2)8-9-11;1-9-5-3-7-10(2)8-4-6-9;1-8-4-3-5-9(2)7-10-6-8;1-3-10-7-8-5-4-6-9(8)2/h10-11H,3-9H2,1-2H3;9-10H,3-8H2,1-2H3;8-9H,3-7H2,1-2H3;8H,3-7H2,1-2H3. The SMILES string of the molecule is CC1CCCC(C)CCC1.CC1CCCC(C)COC1.CCC1CCCCC(C)CC1.CCOCC1CCCN1C. The number of likely N-dealkylation sites (N-methyl/N-ethyl adjacent to an activating group) is 1. The van der Waals surface area contributed by atoms with Gasteiger partial charge in [0.2, 0.25) is 0 Å². The Labute approximate surface area is 259 Å². The predicted molar refractivity (Wildman–Crippen MR) is 182 cm³/mol. The first kappa shape index (κ1) is 38.9. The lowest BCUT2D eigenvalue weighted by molar-refractivity contribution is 0.0608. The van der Waals surface area contributed by atoms with E-state index >= 15 is 0 Å². The van der Waals surface area contributed by atoms with Crippen molar-refractivity contribution >= 4 is 0 Å². The summed E-state index contributed by atoms with van der Waals surface area (Å²) in [5, 5.41) is 0. The third-order valence-corrected chi connectivity index (χ3v) is 10.4. The zero-order chi connectivity index (χ0) is 30.3. The zero-order valence-electron chi connectivity index (χ0n) is 29.6. The molecule has 4 rings (SSSR count). The van der Waals surface area contributed by atoms with E-state index in [0.29, 0.717) is 6.04 Å². The normalized spacial score (nSPS) is 33.8. The summed E-state index contributed by atoms with van der Waals surface area (Å²) in [6, 6.07) is 0.694. The summed E-state index contributed by atoms with van der Waals surface area (Å²) in [7, 11) is 2.18. The van der Waals surface area contributed by atoms with Crippen LogP contribution < -0.4 is 0 Å². The van der Waals surface area contributed by atoms with E-state index in [1.165, 1.54) is 122 Å². The minimum atomic E-state index is 0.694. The summed E-state index contributed by atoms with van der Waals surface area (Å²) in [6.07, 6.45) is 26.0. The first-order valence-electron chi connectivity index (χ1n) is 18.6. The highest BCUT2D eigenvalue weighted by Crippen LogP contribution is 2.27. The van der Waals surface area contributed by atoms with Gasteiger partial charge in [0.15, 0.2) is 0 Å². The van der Waals surface area contributed by atoms with E-state index in [4.69, 9.17) is 9.47 Å². The van der Waals surface area contributed by atoms with E-state index in [9.17, 15) is 0 Å². The molecule has 5 atom stereocenters. The van der Waals surface area contributed by atoms with Crippen LogP contribution in [0.2, 0.25) is 0 Å². The summed E-state index contributed by atoms with van der Waals surface area (Å²) in [5.41, 5.74) is 0. The molecule has 2 saturated heterocycles. The molecule has 0 amide bonds. The molecular formula is C38H77NO2. The molecule has 41 heavy (non-hydrogen) atoms. The lowest BCUT2D eigenvalue weighted by atomic mass is 9.85. The molecule has 2 heterocycles. The molecule has 246 valence electrons. The molecule has 0 aromatic heterocycles. The van der Waals surface area contributed by atoms with Crippen molar-refractivity contribution in [2.75, 3.05) is 40.0 Å². The summed E-state index contributed by atoms with van der Waals surface area (Å²) in [5.74, 6) is 5.64. The molecule has 2 aliphatic heterocycles. The van der Waals surface area contributed by atoms with E-state index < -0.39 is 0 Å². The Kier molecular flexibility index (Phi) is 23.9. The minimum Gasteiger partial charge on any atom is -0.381 e. The van der Waals surface area contributed by atoms with Crippen LogP contribution in [0.5, 0.6) is 0 Å². The van der Waals surface area contributed by atoms with Crippen molar-refractivity contribution in [1.29, 1.82) is 0 Å². The Morgan fingerprint density at radius 2 is 1.05 bits per heavy atom. The Bertz CT molecular complexity index is 504. The van der Waals surface area contributed by atoms with E-state index in [2.05, 4.69) is 60.4 Å². The highest BCUT2D eigenvalue weighted by atomic mass is 16.5. The molecule has 0 spiro atoms. The van der Waals surface area contributed by atoms with Gasteiger partial charge < -0.3 is 14.4 Å². The molecule has 2 aliphatic carbocycles. The van der Waals surface area contributed by atoms with Gasteiger partial charge in [-0.05, 0) is 81.7 Å². The number of hydrogen-bond donors (Lipinski definition) is 0. The van der Waals surface area contributed by atoms with E-state index in [1.807, 2.05) is 0 Å². The maximum atomic E-state index is 5.50. The fourth-order valence-electron chi connectivity index (χ4n) is 6.96. The smallest absolute Gasteiger partial charge is 0.0621 e. The maximum Gasteiger partial charge on any atom is 0.0621 e. The number of rotatable bonds is 4. The molecule has 3 nitrogen and oxygen atoms in total. The second-order valence-electron chi connectivity index (χ2n) is 14.9. The molecule has 0 N–H and O–H groups in total. The highest BCUT2D eigenvalue weighted by molar-refractivity contribution is 4.75. The van der Waals surface area contributed by atoms with Crippen LogP contribution in [0.4, 0.5) is 0 Å². The highest BCUT2D eigenvalue weighted by Gasteiger charge is 2.20. The lowest BCUT2D eigenvalue weighted by Gasteiger charge is -2.21. The topological polar surface area (TPSA) is 21.7 Å². The van der Waals surface area contributed by atoms with Gasteiger partial charge in [-0.25, -0.2) is 0 Å². The second kappa shape index (κ2) is 25.2. The van der Waals surface area contributed by atoms with E-state index in [1.54, 1.807) is 0 Å². The van der Waals surface area contributed by atoms with Crippen LogP contribution in [0, 0.1) is 35.5 Å². The molecular weight excluding hydrogens is 502 g/mol. The summed E-state index contributed by atoms with van der Waals surface area (Å²) >= 11 is 0. The zero-order valence-corrected chi connectivity index (χ0v) is 29.6. The van der Waals surface area contributed by atoms with Gasteiger partial charge in [0.05, 0.1) is 6.61 Å². The number of ether oxygens (including phenoxy) is 2. The number of hydrogen-bond acceptors (Lipinski definition) is 3. The van der Waals surface area contributed by atoms with Crippen LogP contribution >= 0.6 is 0 Å². The average molecular weight is 580 g/mol. The fourth-order valence-corrected chi connectivity index (χ4v) is 6.96. The average Bonchev–Trinajstić information content (AvgIpc) is 3.33. The molecule has 2 saturated carbocycles. The van der Waals surface area contributed by atoms with Crippen molar-refractivity contribution < 1.29 is 9.47 Å². The molecule has 5 unspecified atom stereocenters. The monoisotopic (exact) mass is 580 g/mol. The first-order chi connectivity index (χ1) is 19.7. The molecule has 4 fully saturated rings. The number of nitrogens with zero attached hydrogens (tertiary/aromatic N) is 1. The Morgan fingerprint density at radius 3 is 1.54 bits per heavy atom. The van der Waals surface area contributed by atoms with Crippen molar-refractivity contribution in [1.82, 2.24) is 4.90 Å². The van der Waals surface area contributed by atoms with Crippen molar-refractivity contribution in [3.05, 3.63) is 0 Å². The predicted octanol–water partition coefficient (Wildman–Crippen LogP) is 11.2. The molecule has 0 bridgehead atoms. The van der Waals surface area contributed by atoms with Gasteiger partial charge in [-0.3, -0.25) is 0 Å². The van der Waals surface area contributed by atoms with Crippen LogP contribution in [0.25, 0.3) is 0 Å². The molecule has 0 radical (unpaired) electrons.